The summed E-state index contributed by atoms with van der Waals surface area (Å²) in [6, 6.07) is -1.16. The van der Waals surface area contributed by atoms with Crippen LogP contribution in [0.1, 0.15) is 6.92 Å². The molecule has 5 heteroatoms. The molecule has 0 aromatic rings. The number of aliphatic hydroxyl groups excluding tert-OH is 1. The van der Waals surface area contributed by atoms with Gasteiger partial charge in [0.15, 0.2) is 0 Å². The third-order valence-corrected chi connectivity index (χ3v) is 0.805. The Labute approximate surface area is 53.1 Å². The monoisotopic (exact) mass is 136 g/mol. The van der Waals surface area contributed by atoms with Gasteiger partial charge < -0.3 is 22.1 Å². The lowest BCUT2D eigenvalue weighted by atomic mass is 10.2. The summed E-state index contributed by atoms with van der Waals surface area (Å²) < 4.78 is 0. The van der Waals surface area contributed by atoms with E-state index in [4.69, 9.17) is 15.9 Å². The molecule has 9 heavy (non-hydrogen) atoms. The smallest absolute Gasteiger partial charge is 0.323 e. The predicted molar refractivity (Wildman–Crippen MR) is 32.3 cm³/mol. The van der Waals surface area contributed by atoms with Crippen molar-refractivity contribution in [2.24, 2.45) is 5.73 Å². The molecule has 0 bridgehead atoms. The lowest BCUT2D eigenvalue weighted by Crippen LogP contribution is -2.39. The van der Waals surface area contributed by atoms with Gasteiger partial charge in [0, 0.05) is 0 Å². The number of nitrogens with two attached hydrogens (primary N) is 1. The second-order valence-corrected chi connectivity index (χ2v) is 1.60. The van der Waals surface area contributed by atoms with Crippen molar-refractivity contribution in [2.75, 3.05) is 0 Å². The van der Waals surface area contributed by atoms with Crippen LogP contribution in [0.25, 0.3) is 0 Å². The molecule has 0 spiro atoms. The minimum absolute atomic E-state index is 0. The van der Waals surface area contributed by atoms with Crippen LogP contribution >= 0.6 is 0 Å². The molecule has 0 fully saturated rings. The van der Waals surface area contributed by atoms with Crippen molar-refractivity contribution in [3.63, 3.8) is 0 Å². The Bertz CT molecular complexity index is 93.8. The van der Waals surface area contributed by atoms with Gasteiger partial charge in [-0.25, -0.2) is 0 Å². The summed E-state index contributed by atoms with van der Waals surface area (Å²) in [5, 5.41) is 16.6. The Kier molecular flexibility index (Phi) is 5.28. The van der Waals surface area contributed by atoms with E-state index in [1.807, 2.05) is 0 Å². The third kappa shape index (κ3) is 3.89. The molecule has 0 heterocycles. The zero-order chi connectivity index (χ0) is 6.73. The van der Waals surface area contributed by atoms with Crippen LogP contribution in [0.2, 0.25) is 0 Å². The summed E-state index contributed by atoms with van der Waals surface area (Å²) in [6.45, 7) is 1.33. The average molecular weight is 136 g/mol. The average Bonchev–Trinajstić information content (AvgIpc) is 1.64. The number of hydrogen-bond donors (Lipinski definition) is 4. The van der Waals surface area contributed by atoms with Crippen LogP contribution in [0.4, 0.5) is 0 Å². The Morgan fingerprint density at radius 2 is 2.00 bits per heavy atom. The fraction of sp³-hybridized carbons (Fsp3) is 0.750. The third-order valence-electron chi connectivity index (χ3n) is 0.805. The van der Waals surface area contributed by atoms with E-state index in [9.17, 15) is 4.79 Å². The molecule has 0 saturated heterocycles. The molecule has 0 rings (SSSR count). The molecule has 0 amide bonds. The Morgan fingerprint density at radius 1 is 1.67 bits per heavy atom. The Morgan fingerprint density at radius 3 is 2.00 bits per heavy atom. The van der Waals surface area contributed by atoms with Gasteiger partial charge in [-0.05, 0) is 6.92 Å². The number of carboxylic acids is 1. The van der Waals surface area contributed by atoms with Crippen molar-refractivity contribution >= 4 is 5.97 Å². The lowest BCUT2D eigenvalue weighted by molar-refractivity contribution is -0.140. The van der Waals surface area contributed by atoms with Crippen LogP contribution in [-0.4, -0.2) is 28.3 Å². The molecule has 5 nitrogen and oxygen atoms in total. The second kappa shape index (κ2) is 4.25. The van der Waals surface area contributed by atoms with Gasteiger partial charge in [-0.3, -0.25) is 4.79 Å². The second-order valence-electron chi connectivity index (χ2n) is 1.60. The number of aliphatic carboxylic acids is 1. The molecule has 0 aromatic heterocycles. The van der Waals surface area contributed by atoms with E-state index in [-0.39, 0.29) is 6.15 Å². The van der Waals surface area contributed by atoms with Crippen LogP contribution in [0.3, 0.4) is 0 Å². The fourth-order valence-electron chi connectivity index (χ4n) is 0.206. The first kappa shape index (κ1) is 11.2. The maximum Gasteiger partial charge on any atom is 0.323 e. The van der Waals surface area contributed by atoms with E-state index in [1.165, 1.54) is 6.92 Å². The standard InChI is InChI=1S/C4H9NO3.H3N/c1-2(6)3(5)4(7)8;/h2-3,6H,5H2,1H3,(H,7,8);1H3/t2?,3-;/m0./s1. The molecule has 0 saturated carbocycles. The molecule has 0 radical (unpaired) electrons. The topological polar surface area (TPSA) is 119 Å². The molecular weight excluding hydrogens is 124 g/mol. The van der Waals surface area contributed by atoms with Crippen molar-refractivity contribution in [3.8, 4) is 0 Å². The van der Waals surface area contributed by atoms with Crippen molar-refractivity contribution in [1.29, 1.82) is 0 Å². The number of carbonyl (C=O) groups is 1. The SMILES string of the molecule is CC(O)[C@H](N)C(=O)O.N. The van der Waals surface area contributed by atoms with E-state index < -0.39 is 18.1 Å². The van der Waals surface area contributed by atoms with Crippen molar-refractivity contribution < 1.29 is 15.0 Å². The van der Waals surface area contributed by atoms with Crippen LogP contribution < -0.4 is 11.9 Å². The molecule has 7 N–H and O–H groups in total. The molecule has 56 valence electrons. The van der Waals surface area contributed by atoms with Gasteiger partial charge in [0.25, 0.3) is 0 Å². The maximum atomic E-state index is 9.86. The number of rotatable bonds is 2. The minimum atomic E-state index is -1.18. The van der Waals surface area contributed by atoms with Crippen LogP contribution in [0.5, 0.6) is 0 Å². The van der Waals surface area contributed by atoms with Crippen molar-refractivity contribution in [3.05, 3.63) is 0 Å². The first-order chi connectivity index (χ1) is 3.55. The highest BCUT2D eigenvalue weighted by Crippen LogP contribution is 1.85. The summed E-state index contributed by atoms with van der Waals surface area (Å²) in [5.74, 6) is -1.18. The number of carboxylic acid groups (broad SMARTS) is 1. The summed E-state index contributed by atoms with van der Waals surface area (Å²) in [4.78, 5) is 9.86. The van der Waals surface area contributed by atoms with Gasteiger partial charge >= 0.3 is 5.97 Å². The highest BCUT2D eigenvalue weighted by molar-refractivity contribution is 5.73. The molecule has 2 atom stereocenters. The van der Waals surface area contributed by atoms with E-state index >= 15 is 0 Å². The van der Waals surface area contributed by atoms with E-state index in [0.717, 1.165) is 0 Å². The maximum absolute atomic E-state index is 9.86. The Balaban J connectivity index is 0. The van der Waals surface area contributed by atoms with E-state index in [1.54, 1.807) is 0 Å². The largest absolute Gasteiger partial charge is 0.480 e. The first-order valence-electron chi connectivity index (χ1n) is 2.22. The van der Waals surface area contributed by atoms with Crippen LogP contribution in [-0.2, 0) is 4.79 Å². The Hall–Kier alpha value is -0.650. The highest BCUT2D eigenvalue weighted by Gasteiger charge is 2.16. The minimum Gasteiger partial charge on any atom is -0.480 e. The highest BCUT2D eigenvalue weighted by atomic mass is 16.4. The van der Waals surface area contributed by atoms with Crippen molar-refractivity contribution in [2.45, 2.75) is 19.1 Å². The van der Waals surface area contributed by atoms with Gasteiger partial charge in [0.05, 0.1) is 6.10 Å². The van der Waals surface area contributed by atoms with Gasteiger partial charge in [-0.2, -0.15) is 0 Å². The molecule has 0 aromatic carbocycles. The quantitative estimate of drug-likeness (QED) is 0.386. The number of aliphatic hydroxyl groups is 1. The van der Waals surface area contributed by atoms with Gasteiger partial charge in [0.2, 0.25) is 0 Å². The predicted octanol–water partition coefficient (Wildman–Crippen LogP) is -1.06. The summed E-state index contributed by atoms with van der Waals surface area (Å²) >= 11 is 0. The van der Waals surface area contributed by atoms with E-state index in [0.29, 0.717) is 0 Å². The molecule has 0 aliphatic carbocycles. The number of hydrogen-bond acceptors (Lipinski definition) is 4. The van der Waals surface area contributed by atoms with Crippen LogP contribution in [0.15, 0.2) is 0 Å². The fourth-order valence-corrected chi connectivity index (χ4v) is 0.206. The van der Waals surface area contributed by atoms with Gasteiger partial charge in [-0.15, -0.1) is 0 Å². The molecule has 1 unspecified atom stereocenters. The van der Waals surface area contributed by atoms with E-state index in [2.05, 4.69) is 0 Å². The normalized spacial score (nSPS) is 15.4. The summed E-state index contributed by atoms with van der Waals surface area (Å²) in [6.07, 6.45) is -0.979. The molecule has 0 aliphatic rings. The molecule has 0 aliphatic heterocycles. The van der Waals surface area contributed by atoms with Crippen LogP contribution in [0, 0.1) is 0 Å². The van der Waals surface area contributed by atoms with Crippen molar-refractivity contribution in [1.82, 2.24) is 6.15 Å². The van der Waals surface area contributed by atoms with Gasteiger partial charge in [0.1, 0.15) is 6.04 Å². The van der Waals surface area contributed by atoms with Gasteiger partial charge in [-0.1, -0.05) is 0 Å². The first-order valence-corrected chi connectivity index (χ1v) is 2.22. The zero-order valence-corrected chi connectivity index (χ0v) is 5.24. The molecular formula is C4H12N2O3. The lowest BCUT2D eigenvalue weighted by Gasteiger charge is -2.06. The summed E-state index contributed by atoms with van der Waals surface area (Å²) in [7, 11) is 0. The summed E-state index contributed by atoms with van der Waals surface area (Å²) in [5.41, 5.74) is 4.91. The zero-order valence-electron chi connectivity index (χ0n) is 5.24.